The smallest absolute Gasteiger partial charge is 0.374 e. The van der Waals surface area contributed by atoms with Gasteiger partial charge in [-0.1, -0.05) is 30.3 Å². The normalized spacial score (nSPS) is 11.1. The Kier molecular flexibility index (Phi) is 6.08. The van der Waals surface area contributed by atoms with Gasteiger partial charge >= 0.3 is 5.97 Å². The van der Waals surface area contributed by atoms with Crippen LogP contribution in [0.3, 0.4) is 0 Å². The molecule has 0 aliphatic heterocycles. The number of hydrogen-bond acceptors (Lipinski definition) is 5. The molecule has 3 rings (SSSR count). The summed E-state index contributed by atoms with van der Waals surface area (Å²) in [6.45, 7) is 3.39. The van der Waals surface area contributed by atoms with Crippen LogP contribution < -0.4 is 4.74 Å². The van der Waals surface area contributed by atoms with Crippen molar-refractivity contribution in [3.63, 3.8) is 0 Å². The van der Waals surface area contributed by atoms with Crippen molar-refractivity contribution in [2.75, 3.05) is 26.8 Å². The van der Waals surface area contributed by atoms with Gasteiger partial charge in [-0.3, -0.25) is 4.90 Å². The van der Waals surface area contributed by atoms with Crippen LogP contribution in [0.2, 0.25) is 0 Å². The number of benzene rings is 2. The highest BCUT2D eigenvalue weighted by atomic mass is 19.1. The van der Waals surface area contributed by atoms with Crippen LogP contribution in [-0.4, -0.2) is 37.7 Å². The highest BCUT2D eigenvalue weighted by Crippen LogP contribution is 2.27. The largest absolute Gasteiger partial charge is 0.489 e. The van der Waals surface area contributed by atoms with Gasteiger partial charge in [0.2, 0.25) is 5.76 Å². The standard InChI is InChI=1S/C21H22FNO4/c1-3-25-21(24)20-16(15-8-4-6-10-18(15)27-20)14-23(2)12-13-26-19-11-7-5-9-17(19)22/h4-11H,3,12-14H2,1-2H3. The molecule has 0 bridgehead atoms. The molecule has 1 heterocycles. The molecular formula is C21H22FNO4. The van der Waals surface area contributed by atoms with E-state index in [1.54, 1.807) is 25.1 Å². The molecule has 0 atom stereocenters. The van der Waals surface area contributed by atoms with E-state index in [9.17, 15) is 9.18 Å². The van der Waals surface area contributed by atoms with E-state index in [4.69, 9.17) is 13.9 Å². The summed E-state index contributed by atoms with van der Waals surface area (Å²) in [6.07, 6.45) is 0. The van der Waals surface area contributed by atoms with E-state index in [1.165, 1.54) is 6.07 Å². The summed E-state index contributed by atoms with van der Waals surface area (Å²) in [6, 6.07) is 13.8. The van der Waals surface area contributed by atoms with Crippen molar-refractivity contribution in [2.45, 2.75) is 13.5 Å². The van der Waals surface area contributed by atoms with E-state index >= 15 is 0 Å². The number of likely N-dealkylation sites (N-methyl/N-ethyl adjacent to an activating group) is 1. The molecule has 0 N–H and O–H groups in total. The summed E-state index contributed by atoms with van der Waals surface area (Å²) >= 11 is 0. The van der Waals surface area contributed by atoms with Crippen molar-refractivity contribution in [3.8, 4) is 5.75 Å². The SMILES string of the molecule is CCOC(=O)c1oc2ccccc2c1CN(C)CCOc1ccccc1F. The van der Waals surface area contributed by atoms with Crippen LogP contribution in [-0.2, 0) is 11.3 Å². The van der Waals surface area contributed by atoms with Crippen molar-refractivity contribution >= 4 is 16.9 Å². The fourth-order valence-electron chi connectivity index (χ4n) is 2.84. The number of carbonyl (C=O) groups excluding carboxylic acids is 1. The zero-order valence-corrected chi connectivity index (χ0v) is 15.4. The Hall–Kier alpha value is -2.86. The van der Waals surface area contributed by atoms with E-state index < -0.39 is 5.97 Å². The fraction of sp³-hybridized carbons (Fsp3) is 0.286. The van der Waals surface area contributed by atoms with Gasteiger partial charge in [0.25, 0.3) is 0 Å². The zero-order valence-electron chi connectivity index (χ0n) is 15.4. The maximum atomic E-state index is 13.6. The first kappa shape index (κ1) is 18.9. The van der Waals surface area contributed by atoms with Crippen LogP contribution in [0.15, 0.2) is 52.9 Å². The second-order valence-electron chi connectivity index (χ2n) is 6.14. The molecule has 27 heavy (non-hydrogen) atoms. The number of esters is 1. The number of rotatable bonds is 8. The van der Waals surface area contributed by atoms with Crippen LogP contribution in [0.1, 0.15) is 23.0 Å². The Morgan fingerprint density at radius 2 is 1.89 bits per heavy atom. The number of carbonyl (C=O) groups is 1. The first-order valence-electron chi connectivity index (χ1n) is 8.83. The summed E-state index contributed by atoms with van der Waals surface area (Å²) in [5.41, 5.74) is 1.42. The third-order valence-corrected chi connectivity index (χ3v) is 4.15. The number of hydrogen-bond donors (Lipinski definition) is 0. The summed E-state index contributed by atoms with van der Waals surface area (Å²) < 4.78 is 29.9. The number of para-hydroxylation sites is 2. The maximum absolute atomic E-state index is 13.6. The Balaban J connectivity index is 1.70. The molecule has 0 aliphatic rings. The molecule has 6 heteroatoms. The van der Waals surface area contributed by atoms with Gasteiger partial charge in [-0.25, -0.2) is 9.18 Å². The summed E-state index contributed by atoms with van der Waals surface area (Å²) in [5, 5.41) is 0.877. The van der Waals surface area contributed by atoms with E-state index in [2.05, 4.69) is 0 Å². The van der Waals surface area contributed by atoms with E-state index in [0.29, 0.717) is 25.3 Å². The second-order valence-corrected chi connectivity index (χ2v) is 6.14. The van der Waals surface area contributed by atoms with Gasteiger partial charge in [0.1, 0.15) is 12.2 Å². The van der Waals surface area contributed by atoms with Gasteiger partial charge in [0.05, 0.1) is 6.61 Å². The molecular weight excluding hydrogens is 349 g/mol. The predicted molar refractivity (Wildman–Crippen MR) is 100 cm³/mol. The molecule has 0 radical (unpaired) electrons. The molecule has 3 aromatic rings. The summed E-state index contributed by atoms with van der Waals surface area (Å²) in [5.74, 6) is -0.405. The molecule has 0 aliphatic carbocycles. The lowest BCUT2D eigenvalue weighted by atomic mass is 10.1. The highest BCUT2D eigenvalue weighted by molar-refractivity contribution is 5.96. The summed E-state index contributed by atoms with van der Waals surface area (Å²) in [7, 11) is 1.90. The minimum absolute atomic E-state index is 0.222. The number of nitrogens with zero attached hydrogens (tertiary/aromatic N) is 1. The van der Waals surface area contributed by atoms with Gasteiger partial charge < -0.3 is 13.9 Å². The quantitative estimate of drug-likeness (QED) is 0.554. The van der Waals surface area contributed by atoms with Gasteiger partial charge in [0, 0.05) is 24.0 Å². The molecule has 0 unspecified atom stereocenters. The minimum atomic E-state index is -0.472. The number of fused-ring (bicyclic) bond motifs is 1. The fourth-order valence-corrected chi connectivity index (χ4v) is 2.84. The molecule has 0 saturated heterocycles. The molecule has 142 valence electrons. The Morgan fingerprint density at radius 3 is 2.67 bits per heavy atom. The molecule has 1 aromatic heterocycles. The number of ether oxygens (including phenoxy) is 2. The van der Waals surface area contributed by atoms with E-state index in [-0.39, 0.29) is 23.9 Å². The first-order chi connectivity index (χ1) is 13.1. The molecule has 0 fully saturated rings. The molecule has 0 amide bonds. The lowest BCUT2D eigenvalue weighted by Gasteiger charge is -2.17. The molecule has 0 spiro atoms. The third kappa shape index (κ3) is 4.46. The van der Waals surface area contributed by atoms with Crippen LogP contribution in [0.4, 0.5) is 4.39 Å². The van der Waals surface area contributed by atoms with Crippen LogP contribution in [0.5, 0.6) is 5.75 Å². The molecule has 0 saturated carbocycles. The molecule has 2 aromatic carbocycles. The van der Waals surface area contributed by atoms with Crippen molar-refractivity contribution in [1.82, 2.24) is 4.90 Å². The highest BCUT2D eigenvalue weighted by Gasteiger charge is 2.22. The van der Waals surface area contributed by atoms with Crippen molar-refractivity contribution in [3.05, 3.63) is 65.7 Å². The Bertz CT molecular complexity index is 921. The Morgan fingerprint density at radius 1 is 1.15 bits per heavy atom. The third-order valence-electron chi connectivity index (χ3n) is 4.15. The van der Waals surface area contributed by atoms with Gasteiger partial charge in [-0.05, 0) is 32.2 Å². The summed E-state index contributed by atoms with van der Waals surface area (Å²) in [4.78, 5) is 14.2. The topological polar surface area (TPSA) is 51.9 Å². The minimum Gasteiger partial charge on any atom is -0.489 e. The number of furan rings is 1. The van der Waals surface area contributed by atoms with Crippen molar-refractivity contribution < 1.29 is 23.1 Å². The zero-order chi connectivity index (χ0) is 19.2. The average Bonchev–Trinajstić information content (AvgIpc) is 3.02. The van der Waals surface area contributed by atoms with Gasteiger partial charge in [-0.15, -0.1) is 0 Å². The van der Waals surface area contributed by atoms with Crippen molar-refractivity contribution in [1.29, 1.82) is 0 Å². The van der Waals surface area contributed by atoms with E-state index in [0.717, 1.165) is 10.9 Å². The Labute approximate surface area is 157 Å². The molecule has 5 nitrogen and oxygen atoms in total. The first-order valence-corrected chi connectivity index (χ1v) is 8.83. The van der Waals surface area contributed by atoms with E-state index in [1.807, 2.05) is 36.2 Å². The van der Waals surface area contributed by atoms with Crippen LogP contribution in [0, 0.1) is 5.82 Å². The predicted octanol–water partition coefficient (Wildman–Crippen LogP) is 4.26. The van der Waals surface area contributed by atoms with Gasteiger partial charge in [-0.2, -0.15) is 0 Å². The maximum Gasteiger partial charge on any atom is 0.374 e. The monoisotopic (exact) mass is 371 g/mol. The second kappa shape index (κ2) is 8.68. The lowest BCUT2D eigenvalue weighted by Crippen LogP contribution is -2.25. The average molecular weight is 371 g/mol. The lowest BCUT2D eigenvalue weighted by molar-refractivity contribution is 0.0489. The number of halogens is 1. The van der Waals surface area contributed by atoms with Crippen LogP contribution in [0.25, 0.3) is 11.0 Å². The van der Waals surface area contributed by atoms with Gasteiger partial charge in [0.15, 0.2) is 11.6 Å². The van der Waals surface area contributed by atoms with Crippen LogP contribution >= 0.6 is 0 Å². The van der Waals surface area contributed by atoms with Crippen molar-refractivity contribution in [2.24, 2.45) is 0 Å².